The number of amides is 1. The van der Waals surface area contributed by atoms with Gasteiger partial charge < -0.3 is 20.3 Å². The lowest BCUT2D eigenvalue weighted by molar-refractivity contribution is -0.134. The third kappa shape index (κ3) is 7.03. The molecule has 6 nitrogen and oxygen atoms in total. The van der Waals surface area contributed by atoms with Gasteiger partial charge in [0.25, 0.3) is 0 Å². The van der Waals surface area contributed by atoms with Gasteiger partial charge in [0.1, 0.15) is 0 Å². The van der Waals surface area contributed by atoms with Crippen molar-refractivity contribution in [2.45, 2.75) is 51.0 Å². The van der Waals surface area contributed by atoms with Gasteiger partial charge in [-0.15, -0.1) is 0 Å². The maximum absolute atomic E-state index is 12.6. The number of guanidine groups is 1. The summed E-state index contributed by atoms with van der Waals surface area (Å²) in [5.41, 5.74) is 1.31. The van der Waals surface area contributed by atoms with Crippen LogP contribution in [-0.4, -0.2) is 62.7 Å². The molecule has 29 heavy (non-hydrogen) atoms. The van der Waals surface area contributed by atoms with E-state index in [1.165, 1.54) is 18.4 Å². The van der Waals surface area contributed by atoms with E-state index in [1.54, 1.807) is 7.05 Å². The van der Waals surface area contributed by atoms with Gasteiger partial charge in [0, 0.05) is 45.2 Å². The smallest absolute Gasteiger partial charge is 0.225 e. The standard InChI is InChI=1S/C23H36N4O2/c1-24-23(25-14-7-16-29-17-13-19-8-3-2-4-9-19)26-21-12-15-27(18-21)22(28)20-10-5-6-11-20/h2-4,8-9,20-21H,5-7,10-18H2,1H3,(H2,24,25,26). The monoisotopic (exact) mass is 400 g/mol. The molecule has 0 radical (unpaired) electrons. The number of hydrogen-bond donors (Lipinski definition) is 2. The maximum atomic E-state index is 12.6. The van der Waals surface area contributed by atoms with E-state index in [-0.39, 0.29) is 12.0 Å². The molecule has 0 aromatic heterocycles. The Hall–Kier alpha value is -2.08. The Morgan fingerprint density at radius 3 is 2.72 bits per heavy atom. The third-order valence-corrected chi connectivity index (χ3v) is 5.90. The van der Waals surface area contributed by atoms with Crippen LogP contribution in [0.2, 0.25) is 0 Å². The zero-order chi connectivity index (χ0) is 20.3. The summed E-state index contributed by atoms with van der Waals surface area (Å²) in [4.78, 5) is 18.9. The number of nitrogens with zero attached hydrogens (tertiary/aromatic N) is 2. The average molecular weight is 401 g/mol. The summed E-state index contributed by atoms with van der Waals surface area (Å²) in [6.45, 7) is 3.97. The van der Waals surface area contributed by atoms with Crippen molar-refractivity contribution in [2.24, 2.45) is 10.9 Å². The fourth-order valence-corrected chi connectivity index (χ4v) is 4.21. The fourth-order valence-electron chi connectivity index (χ4n) is 4.21. The predicted octanol–water partition coefficient (Wildman–Crippen LogP) is 2.59. The summed E-state index contributed by atoms with van der Waals surface area (Å²) in [6.07, 6.45) is 7.44. The van der Waals surface area contributed by atoms with Crippen molar-refractivity contribution in [3.63, 3.8) is 0 Å². The summed E-state index contributed by atoms with van der Waals surface area (Å²) < 4.78 is 5.73. The number of carbonyl (C=O) groups is 1. The summed E-state index contributed by atoms with van der Waals surface area (Å²) in [6, 6.07) is 10.7. The van der Waals surface area contributed by atoms with E-state index in [1.807, 2.05) is 11.0 Å². The van der Waals surface area contributed by atoms with Crippen LogP contribution in [0.25, 0.3) is 0 Å². The van der Waals surface area contributed by atoms with Crippen LogP contribution >= 0.6 is 0 Å². The van der Waals surface area contributed by atoms with Crippen molar-refractivity contribution in [2.75, 3.05) is 39.9 Å². The minimum absolute atomic E-state index is 0.271. The highest BCUT2D eigenvalue weighted by molar-refractivity contribution is 5.81. The Labute approximate surface area is 175 Å². The Kier molecular flexibility index (Phi) is 8.81. The second-order valence-electron chi connectivity index (χ2n) is 8.10. The second-order valence-corrected chi connectivity index (χ2v) is 8.10. The van der Waals surface area contributed by atoms with E-state index in [9.17, 15) is 4.79 Å². The lowest BCUT2D eigenvalue weighted by Gasteiger charge is -2.21. The first-order valence-electron chi connectivity index (χ1n) is 11.1. The number of benzene rings is 1. The fraction of sp³-hybridized carbons (Fsp3) is 0.652. The van der Waals surface area contributed by atoms with Crippen LogP contribution in [0.1, 0.15) is 44.1 Å². The van der Waals surface area contributed by atoms with Crippen molar-refractivity contribution in [3.8, 4) is 0 Å². The molecule has 3 rings (SSSR count). The molecule has 0 spiro atoms. The molecule has 2 aliphatic rings. The molecule has 0 bridgehead atoms. The molecule has 1 amide bonds. The number of hydrogen-bond acceptors (Lipinski definition) is 3. The van der Waals surface area contributed by atoms with Gasteiger partial charge >= 0.3 is 0 Å². The highest BCUT2D eigenvalue weighted by Crippen LogP contribution is 2.27. The van der Waals surface area contributed by atoms with Crippen molar-refractivity contribution in [3.05, 3.63) is 35.9 Å². The lowest BCUT2D eigenvalue weighted by atomic mass is 10.1. The normalized spacial score (nSPS) is 20.2. The van der Waals surface area contributed by atoms with E-state index >= 15 is 0 Å². The van der Waals surface area contributed by atoms with Crippen LogP contribution in [0, 0.1) is 5.92 Å². The topological polar surface area (TPSA) is 66.0 Å². The Bertz CT molecular complexity index is 644. The van der Waals surface area contributed by atoms with Crippen LogP contribution in [-0.2, 0) is 16.0 Å². The van der Waals surface area contributed by atoms with E-state index in [4.69, 9.17) is 4.74 Å². The molecule has 2 fully saturated rings. The molecule has 1 aromatic rings. The third-order valence-electron chi connectivity index (χ3n) is 5.90. The van der Waals surface area contributed by atoms with Gasteiger partial charge in [0.2, 0.25) is 5.91 Å². The molecule has 1 saturated carbocycles. The zero-order valence-electron chi connectivity index (χ0n) is 17.7. The summed E-state index contributed by atoms with van der Waals surface area (Å²) in [5.74, 6) is 1.45. The Balaban J connectivity index is 1.25. The molecule has 1 atom stereocenters. The molecule has 2 N–H and O–H groups in total. The molecular weight excluding hydrogens is 364 g/mol. The minimum atomic E-state index is 0.271. The maximum Gasteiger partial charge on any atom is 0.225 e. The predicted molar refractivity (Wildman–Crippen MR) is 117 cm³/mol. The first kappa shape index (κ1) is 21.6. The van der Waals surface area contributed by atoms with Gasteiger partial charge in [-0.25, -0.2) is 0 Å². The van der Waals surface area contributed by atoms with Crippen LogP contribution < -0.4 is 10.6 Å². The Morgan fingerprint density at radius 2 is 1.97 bits per heavy atom. The number of nitrogens with one attached hydrogen (secondary N) is 2. The second kappa shape index (κ2) is 11.8. The van der Waals surface area contributed by atoms with E-state index < -0.39 is 0 Å². The Morgan fingerprint density at radius 1 is 1.17 bits per heavy atom. The van der Waals surface area contributed by atoms with Gasteiger partial charge in [-0.05, 0) is 37.7 Å². The van der Waals surface area contributed by atoms with Crippen LogP contribution in [0.15, 0.2) is 35.3 Å². The molecule has 1 saturated heterocycles. The molecule has 1 aliphatic heterocycles. The average Bonchev–Trinajstić information content (AvgIpc) is 3.45. The van der Waals surface area contributed by atoms with Crippen LogP contribution in [0.4, 0.5) is 0 Å². The van der Waals surface area contributed by atoms with Crippen molar-refractivity contribution in [1.29, 1.82) is 0 Å². The van der Waals surface area contributed by atoms with E-state index in [0.717, 1.165) is 70.9 Å². The first-order chi connectivity index (χ1) is 14.3. The van der Waals surface area contributed by atoms with E-state index in [2.05, 4.69) is 39.9 Å². The summed E-state index contributed by atoms with van der Waals surface area (Å²) in [5, 5.41) is 6.83. The summed E-state index contributed by atoms with van der Waals surface area (Å²) in [7, 11) is 1.79. The van der Waals surface area contributed by atoms with Gasteiger partial charge in [0.05, 0.1) is 6.61 Å². The summed E-state index contributed by atoms with van der Waals surface area (Å²) >= 11 is 0. The number of likely N-dealkylation sites (tertiary alicyclic amines) is 1. The molecule has 1 heterocycles. The van der Waals surface area contributed by atoms with Crippen molar-refractivity contribution >= 4 is 11.9 Å². The van der Waals surface area contributed by atoms with Gasteiger partial charge in [0.15, 0.2) is 5.96 Å². The minimum Gasteiger partial charge on any atom is -0.381 e. The first-order valence-corrected chi connectivity index (χ1v) is 11.1. The molecule has 1 aromatic carbocycles. The highest BCUT2D eigenvalue weighted by Gasteiger charge is 2.32. The van der Waals surface area contributed by atoms with Gasteiger partial charge in [-0.2, -0.15) is 0 Å². The van der Waals surface area contributed by atoms with Gasteiger partial charge in [-0.1, -0.05) is 43.2 Å². The highest BCUT2D eigenvalue weighted by atomic mass is 16.5. The number of carbonyl (C=O) groups excluding carboxylic acids is 1. The SMILES string of the molecule is CN=C(NCCCOCCc1ccccc1)NC1CCN(C(=O)C2CCCC2)C1. The number of rotatable bonds is 9. The van der Waals surface area contributed by atoms with Crippen molar-refractivity contribution in [1.82, 2.24) is 15.5 Å². The largest absolute Gasteiger partial charge is 0.381 e. The zero-order valence-corrected chi connectivity index (χ0v) is 17.7. The quantitative estimate of drug-likeness (QED) is 0.380. The van der Waals surface area contributed by atoms with E-state index in [0.29, 0.717) is 5.91 Å². The number of ether oxygens (including phenoxy) is 1. The molecule has 1 aliphatic carbocycles. The molecule has 1 unspecified atom stereocenters. The van der Waals surface area contributed by atoms with Gasteiger partial charge in [-0.3, -0.25) is 9.79 Å². The van der Waals surface area contributed by atoms with Crippen LogP contribution in [0.5, 0.6) is 0 Å². The lowest BCUT2D eigenvalue weighted by Crippen LogP contribution is -2.45. The molecule has 160 valence electrons. The molecular formula is C23H36N4O2. The molecule has 6 heteroatoms. The number of aliphatic imine (C=N–C) groups is 1. The van der Waals surface area contributed by atoms with Crippen molar-refractivity contribution < 1.29 is 9.53 Å². The van der Waals surface area contributed by atoms with Crippen LogP contribution in [0.3, 0.4) is 0 Å².